The molecule has 1 aliphatic rings. The quantitative estimate of drug-likeness (QED) is 0.695. The maximum absolute atomic E-state index is 11.7. The Kier molecular flexibility index (Phi) is 5.56. The van der Waals surface area contributed by atoms with Crippen LogP contribution in [0.2, 0.25) is 0 Å². The third-order valence-electron chi connectivity index (χ3n) is 4.20. The van der Waals surface area contributed by atoms with Crippen LogP contribution in [-0.4, -0.2) is 68.6 Å². The number of likely N-dealkylation sites (N-methyl/N-ethyl adjacent to an activating group) is 3. The second-order valence-corrected chi connectivity index (χ2v) is 5.73. The first-order valence-corrected chi connectivity index (χ1v) is 6.75. The first-order valence-electron chi connectivity index (χ1n) is 6.75. The first kappa shape index (κ1) is 15.4. The van der Waals surface area contributed by atoms with Crippen LogP contribution in [0.5, 0.6) is 0 Å². The van der Waals surface area contributed by atoms with Crippen LogP contribution in [0, 0.1) is 0 Å². The van der Waals surface area contributed by atoms with Gasteiger partial charge in [0.05, 0.1) is 5.54 Å². The van der Waals surface area contributed by atoms with Gasteiger partial charge in [0.15, 0.2) is 0 Å². The van der Waals surface area contributed by atoms with E-state index in [0.717, 1.165) is 38.8 Å². The van der Waals surface area contributed by atoms with E-state index >= 15 is 0 Å². The van der Waals surface area contributed by atoms with Crippen LogP contribution in [-0.2, 0) is 4.79 Å². The lowest BCUT2D eigenvalue weighted by atomic mass is 9.78. The highest BCUT2D eigenvalue weighted by Crippen LogP contribution is 2.30. The van der Waals surface area contributed by atoms with E-state index in [1.165, 1.54) is 0 Å². The van der Waals surface area contributed by atoms with Crippen molar-refractivity contribution in [1.29, 1.82) is 0 Å². The van der Waals surface area contributed by atoms with Crippen molar-refractivity contribution in [2.45, 2.75) is 37.3 Å². The molecule has 0 bridgehead atoms. The predicted octanol–water partition coefficient (Wildman–Crippen LogP) is -0.134. The van der Waals surface area contributed by atoms with Gasteiger partial charge in [0, 0.05) is 19.1 Å². The van der Waals surface area contributed by atoms with E-state index in [-0.39, 0.29) is 5.91 Å². The van der Waals surface area contributed by atoms with Crippen molar-refractivity contribution in [1.82, 2.24) is 15.1 Å². The minimum absolute atomic E-state index is 0.212. The molecule has 1 saturated carbocycles. The Morgan fingerprint density at radius 2 is 2.06 bits per heavy atom. The van der Waals surface area contributed by atoms with Gasteiger partial charge >= 0.3 is 0 Å². The molecule has 0 aromatic rings. The summed E-state index contributed by atoms with van der Waals surface area (Å²) in [5.74, 6) is -0.212. The van der Waals surface area contributed by atoms with E-state index < -0.39 is 5.54 Å². The molecular formula is C13H28N4O. The highest BCUT2D eigenvalue weighted by atomic mass is 16.1. The molecule has 5 heteroatoms. The number of hydrogen-bond acceptors (Lipinski definition) is 4. The fraction of sp³-hybridized carbons (Fsp3) is 0.923. The van der Waals surface area contributed by atoms with E-state index in [4.69, 9.17) is 5.73 Å². The van der Waals surface area contributed by atoms with Gasteiger partial charge in [-0.2, -0.15) is 0 Å². The second-order valence-electron chi connectivity index (χ2n) is 5.73. The molecule has 0 heterocycles. The number of amides is 1. The molecule has 0 aromatic carbocycles. The fourth-order valence-electron chi connectivity index (χ4n) is 2.74. The maximum Gasteiger partial charge on any atom is 0.237 e. The summed E-state index contributed by atoms with van der Waals surface area (Å²) in [7, 11) is 8.14. The Morgan fingerprint density at radius 1 is 1.39 bits per heavy atom. The van der Waals surface area contributed by atoms with Crippen LogP contribution in [0.3, 0.4) is 0 Å². The van der Waals surface area contributed by atoms with E-state index in [1.807, 2.05) is 7.05 Å². The molecule has 18 heavy (non-hydrogen) atoms. The molecule has 0 radical (unpaired) electrons. The van der Waals surface area contributed by atoms with Crippen molar-refractivity contribution in [2.75, 3.05) is 41.3 Å². The number of rotatable bonds is 6. The van der Waals surface area contributed by atoms with Gasteiger partial charge < -0.3 is 20.9 Å². The largest absolute Gasteiger partial charge is 0.368 e. The number of nitrogens with zero attached hydrogens (tertiary/aromatic N) is 2. The van der Waals surface area contributed by atoms with Gasteiger partial charge in [-0.1, -0.05) is 0 Å². The molecule has 106 valence electrons. The SMILES string of the molecule is CNC1(C(N)=O)CCCC(N(C)CCN(C)C)C1. The maximum atomic E-state index is 11.7. The van der Waals surface area contributed by atoms with Gasteiger partial charge in [-0.25, -0.2) is 0 Å². The summed E-state index contributed by atoms with van der Waals surface area (Å²) in [5.41, 5.74) is 5.06. The van der Waals surface area contributed by atoms with Gasteiger partial charge in [-0.05, 0) is 53.9 Å². The van der Waals surface area contributed by atoms with Crippen molar-refractivity contribution in [3.63, 3.8) is 0 Å². The van der Waals surface area contributed by atoms with Crippen LogP contribution in [0.1, 0.15) is 25.7 Å². The summed E-state index contributed by atoms with van der Waals surface area (Å²) in [6.07, 6.45) is 3.89. The normalized spacial score (nSPS) is 28.9. The summed E-state index contributed by atoms with van der Waals surface area (Å²) in [6.45, 7) is 2.06. The summed E-state index contributed by atoms with van der Waals surface area (Å²) in [4.78, 5) is 16.2. The lowest BCUT2D eigenvalue weighted by Crippen LogP contribution is -2.59. The number of primary amides is 1. The van der Waals surface area contributed by atoms with Crippen molar-refractivity contribution in [3.05, 3.63) is 0 Å². The van der Waals surface area contributed by atoms with Crippen LogP contribution in [0.25, 0.3) is 0 Å². The molecule has 0 spiro atoms. The van der Waals surface area contributed by atoms with Gasteiger partial charge in [0.1, 0.15) is 0 Å². The van der Waals surface area contributed by atoms with Gasteiger partial charge in [0.2, 0.25) is 5.91 Å². The van der Waals surface area contributed by atoms with Crippen LogP contribution in [0.4, 0.5) is 0 Å². The van der Waals surface area contributed by atoms with Crippen molar-refractivity contribution in [3.8, 4) is 0 Å². The average Bonchev–Trinajstić information content (AvgIpc) is 2.35. The highest BCUT2D eigenvalue weighted by molar-refractivity contribution is 5.84. The van der Waals surface area contributed by atoms with Gasteiger partial charge in [-0.15, -0.1) is 0 Å². The minimum Gasteiger partial charge on any atom is -0.368 e. The number of carbonyl (C=O) groups is 1. The van der Waals surface area contributed by atoms with Crippen LogP contribution < -0.4 is 11.1 Å². The molecule has 1 aliphatic carbocycles. The molecule has 0 aromatic heterocycles. The van der Waals surface area contributed by atoms with Crippen molar-refractivity contribution >= 4 is 5.91 Å². The fourth-order valence-corrected chi connectivity index (χ4v) is 2.74. The standard InChI is InChI=1S/C13H28N4O/c1-15-13(12(14)18)7-5-6-11(10-13)17(4)9-8-16(2)3/h11,15H,5-10H2,1-4H3,(H2,14,18). The topological polar surface area (TPSA) is 61.6 Å². The van der Waals surface area contributed by atoms with Gasteiger partial charge in [-0.3, -0.25) is 4.79 Å². The highest BCUT2D eigenvalue weighted by Gasteiger charge is 2.40. The number of nitrogens with one attached hydrogen (secondary N) is 1. The Bertz CT molecular complexity index is 282. The van der Waals surface area contributed by atoms with Crippen LogP contribution in [0.15, 0.2) is 0 Å². The average molecular weight is 256 g/mol. The Morgan fingerprint density at radius 3 is 2.56 bits per heavy atom. The molecule has 0 aliphatic heterocycles. The smallest absolute Gasteiger partial charge is 0.237 e. The summed E-state index contributed by atoms with van der Waals surface area (Å²) < 4.78 is 0. The number of carbonyl (C=O) groups excluding carboxylic acids is 1. The van der Waals surface area contributed by atoms with E-state index in [1.54, 1.807) is 0 Å². The second kappa shape index (κ2) is 6.50. The third-order valence-corrected chi connectivity index (χ3v) is 4.20. The molecule has 1 fully saturated rings. The van der Waals surface area contributed by atoms with Crippen molar-refractivity contribution < 1.29 is 4.79 Å². The Labute approximate surface area is 111 Å². The summed E-state index contributed by atoms with van der Waals surface area (Å²) in [6, 6.07) is 0.443. The van der Waals surface area contributed by atoms with Crippen molar-refractivity contribution in [2.24, 2.45) is 5.73 Å². The number of hydrogen-bond donors (Lipinski definition) is 2. The predicted molar refractivity (Wildman–Crippen MR) is 74.4 cm³/mol. The monoisotopic (exact) mass is 256 g/mol. The molecular weight excluding hydrogens is 228 g/mol. The molecule has 0 saturated heterocycles. The molecule has 1 rings (SSSR count). The molecule has 1 amide bonds. The van der Waals surface area contributed by atoms with Gasteiger partial charge in [0.25, 0.3) is 0 Å². The third kappa shape index (κ3) is 3.67. The molecule has 2 atom stereocenters. The molecule has 5 nitrogen and oxygen atoms in total. The summed E-state index contributed by atoms with van der Waals surface area (Å²) >= 11 is 0. The Hall–Kier alpha value is -0.650. The lowest BCUT2D eigenvalue weighted by molar-refractivity contribution is -0.126. The zero-order chi connectivity index (χ0) is 13.8. The van der Waals surface area contributed by atoms with E-state index in [0.29, 0.717) is 6.04 Å². The Balaban J connectivity index is 2.59. The first-order chi connectivity index (χ1) is 8.41. The lowest BCUT2D eigenvalue weighted by Gasteiger charge is -2.42. The zero-order valence-electron chi connectivity index (χ0n) is 12.2. The van der Waals surface area contributed by atoms with E-state index in [2.05, 4.69) is 36.3 Å². The molecule has 3 N–H and O–H groups in total. The zero-order valence-corrected chi connectivity index (χ0v) is 12.2. The minimum atomic E-state index is -0.505. The summed E-state index contributed by atoms with van der Waals surface area (Å²) in [5, 5.41) is 3.15. The number of nitrogens with two attached hydrogens (primary N) is 1. The molecule has 2 unspecified atom stereocenters. The van der Waals surface area contributed by atoms with Crippen LogP contribution >= 0.6 is 0 Å². The van der Waals surface area contributed by atoms with E-state index in [9.17, 15) is 4.79 Å².